The second-order valence-corrected chi connectivity index (χ2v) is 7.21. The molecule has 2 atom stereocenters. The maximum absolute atomic E-state index is 12.4. The number of hydrogen-bond donors (Lipinski definition) is 0. The average Bonchev–Trinajstić information content (AvgIpc) is 2.66. The number of Topliss-reactive ketones (excluding diaryl/α,β-unsaturated/α-hetero) is 1. The van der Waals surface area contributed by atoms with E-state index in [1.54, 1.807) is 0 Å². The van der Waals surface area contributed by atoms with Crippen molar-refractivity contribution in [3.05, 3.63) is 65.7 Å². The van der Waals surface area contributed by atoms with E-state index in [1.165, 1.54) is 5.56 Å². The molecule has 2 aromatic carbocycles. The van der Waals surface area contributed by atoms with Gasteiger partial charge in [0, 0.05) is 12.0 Å². The van der Waals surface area contributed by atoms with Crippen LogP contribution in [-0.4, -0.2) is 17.9 Å². The predicted octanol–water partition coefficient (Wildman–Crippen LogP) is 5.59. The number of hydrogen-bond acceptors (Lipinski definition) is 3. The largest absolute Gasteiger partial charge is 0.294 e. The van der Waals surface area contributed by atoms with Crippen LogP contribution in [-0.2, 0) is 11.3 Å². The van der Waals surface area contributed by atoms with Crippen LogP contribution in [0.5, 0.6) is 0 Å². The van der Waals surface area contributed by atoms with Crippen LogP contribution in [0, 0.1) is 0 Å². The van der Waals surface area contributed by atoms with E-state index in [2.05, 4.69) is 44.2 Å². The highest BCUT2D eigenvalue weighted by Crippen LogP contribution is 2.33. The first-order chi connectivity index (χ1) is 12.7. The van der Waals surface area contributed by atoms with Crippen LogP contribution in [0.4, 0.5) is 5.69 Å². The van der Waals surface area contributed by atoms with Crippen molar-refractivity contribution >= 4 is 11.5 Å². The van der Waals surface area contributed by atoms with Crippen LogP contribution in [0.2, 0.25) is 0 Å². The zero-order chi connectivity index (χ0) is 18.4. The van der Waals surface area contributed by atoms with Gasteiger partial charge in [-0.25, -0.2) is 5.06 Å². The third kappa shape index (κ3) is 4.53. The first kappa shape index (κ1) is 18.7. The van der Waals surface area contributed by atoms with E-state index < -0.39 is 0 Å². The van der Waals surface area contributed by atoms with Gasteiger partial charge in [0.15, 0.2) is 5.78 Å². The van der Waals surface area contributed by atoms with Crippen molar-refractivity contribution in [2.75, 3.05) is 5.06 Å². The van der Waals surface area contributed by atoms with Gasteiger partial charge in [-0.3, -0.25) is 9.63 Å². The molecule has 0 radical (unpaired) electrons. The number of ketones is 1. The van der Waals surface area contributed by atoms with Gasteiger partial charge in [0.05, 0.1) is 17.8 Å². The van der Waals surface area contributed by atoms with E-state index in [4.69, 9.17) is 4.84 Å². The molecular formula is C23H29NO2. The molecular weight excluding hydrogens is 322 g/mol. The Kier molecular flexibility index (Phi) is 6.45. The minimum Gasteiger partial charge on any atom is -0.294 e. The zero-order valence-corrected chi connectivity index (χ0v) is 15.9. The molecule has 0 bridgehead atoms. The van der Waals surface area contributed by atoms with E-state index >= 15 is 0 Å². The SMILES string of the molecule is CCCC1CC(=O)c2ccccc2N1OC(C)CCCc1ccccc1. The Morgan fingerprint density at radius 2 is 1.85 bits per heavy atom. The minimum atomic E-state index is 0.124. The Morgan fingerprint density at radius 1 is 1.12 bits per heavy atom. The van der Waals surface area contributed by atoms with Crippen LogP contribution in [0.3, 0.4) is 0 Å². The summed E-state index contributed by atoms with van der Waals surface area (Å²) in [6, 6.07) is 18.6. The summed E-state index contributed by atoms with van der Waals surface area (Å²) >= 11 is 0. The second kappa shape index (κ2) is 9.00. The topological polar surface area (TPSA) is 29.5 Å². The fourth-order valence-corrected chi connectivity index (χ4v) is 3.69. The summed E-state index contributed by atoms with van der Waals surface area (Å²) in [5, 5.41) is 2.02. The number of para-hydroxylation sites is 1. The Hall–Kier alpha value is -2.13. The first-order valence-electron chi connectivity index (χ1n) is 9.81. The Bertz CT molecular complexity index is 713. The van der Waals surface area contributed by atoms with Crippen molar-refractivity contribution in [2.24, 2.45) is 0 Å². The van der Waals surface area contributed by atoms with E-state index in [1.807, 2.05) is 29.3 Å². The number of fused-ring (bicyclic) bond motifs is 1. The molecule has 2 unspecified atom stereocenters. The molecule has 0 saturated carbocycles. The number of nitrogens with zero attached hydrogens (tertiary/aromatic N) is 1. The molecule has 0 amide bonds. The van der Waals surface area contributed by atoms with Gasteiger partial charge < -0.3 is 0 Å². The molecule has 0 spiro atoms. The Balaban J connectivity index is 1.63. The number of carbonyl (C=O) groups excluding carboxylic acids is 1. The van der Waals surface area contributed by atoms with Gasteiger partial charge in [0.2, 0.25) is 0 Å². The summed E-state index contributed by atoms with van der Waals surface area (Å²) < 4.78 is 0. The molecule has 0 aromatic heterocycles. The van der Waals surface area contributed by atoms with Crippen molar-refractivity contribution in [1.82, 2.24) is 0 Å². The summed E-state index contributed by atoms with van der Waals surface area (Å²) in [5.41, 5.74) is 3.09. The lowest BCUT2D eigenvalue weighted by Crippen LogP contribution is -2.43. The highest BCUT2D eigenvalue weighted by Gasteiger charge is 2.32. The summed E-state index contributed by atoms with van der Waals surface area (Å²) in [6.07, 6.45) is 5.85. The summed E-state index contributed by atoms with van der Waals surface area (Å²) in [7, 11) is 0. The summed E-state index contributed by atoms with van der Waals surface area (Å²) in [5.74, 6) is 0.232. The van der Waals surface area contributed by atoms with Crippen LogP contribution < -0.4 is 5.06 Å². The number of rotatable bonds is 8. The van der Waals surface area contributed by atoms with E-state index in [-0.39, 0.29) is 17.9 Å². The smallest absolute Gasteiger partial charge is 0.167 e. The van der Waals surface area contributed by atoms with Gasteiger partial charge in [-0.1, -0.05) is 55.8 Å². The van der Waals surface area contributed by atoms with Gasteiger partial charge >= 0.3 is 0 Å². The quantitative estimate of drug-likeness (QED) is 0.621. The molecule has 0 fully saturated rings. The number of benzene rings is 2. The van der Waals surface area contributed by atoms with Gasteiger partial charge in [-0.05, 0) is 50.3 Å². The lowest BCUT2D eigenvalue weighted by Gasteiger charge is -2.38. The van der Waals surface area contributed by atoms with Crippen LogP contribution in [0.25, 0.3) is 0 Å². The molecule has 0 saturated heterocycles. The molecule has 3 heteroatoms. The molecule has 0 aliphatic carbocycles. The maximum Gasteiger partial charge on any atom is 0.167 e. The molecule has 3 nitrogen and oxygen atoms in total. The first-order valence-corrected chi connectivity index (χ1v) is 9.81. The van der Waals surface area contributed by atoms with E-state index in [0.717, 1.165) is 43.4 Å². The van der Waals surface area contributed by atoms with Crippen LogP contribution in [0.1, 0.15) is 61.9 Å². The fraction of sp³-hybridized carbons (Fsp3) is 0.435. The molecule has 138 valence electrons. The number of anilines is 1. The van der Waals surface area contributed by atoms with Crippen molar-refractivity contribution in [2.45, 2.75) is 64.5 Å². The molecule has 1 aliphatic rings. The Labute approximate surface area is 156 Å². The van der Waals surface area contributed by atoms with Crippen molar-refractivity contribution in [3.8, 4) is 0 Å². The number of carbonyl (C=O) groups is 1. The molecule has 26 heavy (non-hydrogen) atoms. The maximum atomic E-state index is 12.4. The van der Waals surface area contributed by atoms with Crippen LogP contribution in [0.15, 0.2) is 54.6 Å². The third-order valence-corrected chi connectivity index (χ3v) is 5.03. The second-order valence-electron chi connectivity index (χ2n) is 7.21. The van der Waals surface area contributed by atoms with Gasteiger partial charge in [-0.15, -0.1) is 0 Å². The third-order valence-electron chi connectivity index (χ3n) is 5.03. The number of aryl methyl sites for hydroxylation is 1. The van der Waals surface area contributed by atoms with Gasteiger partial charge in [0.1, 0.15) is 0 Å². The van der Waals surface area contributed by atoms with Crippen molar-refractivity contribution in [3.63, 3.8) is 0 Å². The standard InChI is InChI=1S/C23H29NO2/c1-3-10-20-17-23(25)21-15-7-8-16-22(21)24(20)26-18(2)11-9-14-19-12-5-4-6-13-19/h4-8,12-13,15-16,18,20H,3,9-11,14,17H2,1-2H3. The molecule has 3 rings (SSSR count). The minimum absolute atomic E-state index is 0.124. The Morgan fingerprint density at radius 3 is 2.62 bits per heavy atom. The predicted molar refractivity (Wildman–Crippen MR) is 106 cm³/mol. The molecule has 2 aromatic rings. The highest BCUT2D eigenvalue weighted by molar-refractivity contribution is 6.03. The lowest BCUT2D eigenvalue weighted by atomic mass is 9.94. The highest BCUT2D eigenvalue weighted by atomic mass is 16.7. The van der Waals surface area contributed by atoms with E-state index in [0.29, 0.717) is 6.42 Å². The lowest BCUT2D eigenvalue weighted by molar-refractivity contribution is 0.0159. The number of hydroxylamine groups is 1. The van der Waals surface area contributed by atoms with Crippen molar-refractivity contribution in [1.29, 1.82) is 0 Å². The normalized spacial score (nSPS) is 17.8. The van der Waals surface area contributed by atoms with E-state index in [9.17, 15) is 4.79 Å². The summed E-state index contributed by atoms with van der Waals surface area (Å²) in [4.78, 5) is 18.8. The van der Waals surface area contributed by atoms with Crippen LogP contribution >= 0.6 is 0 Å². The van der Waals surface area contributed by atoms with Gasteiger partial charge in [0.25, 0.3) is 0 Å². The fourth-order valence-electron chi connectivity index (χ4n) is 3.69. The summed E-state index contributed by atoms with van der Waals surface area (Å²) in [6.45, 7) is 4.29. The average molecular weight is 351 g/mol. The van der Waals surface area contributed by atoms with Crippen molar-refractivity contribution < 1.29 is 9.63 Å². The zero-order valence-electron chi connectivity index (χ0n) is 15.9. The van der Waals surface area contributed by atoms with Gasteiger partial charge in [-0.2, -0.15) is 0 Å². The monoisotopic (exact) mass is 351 g/mol. The molecule has 1 heterocycles. The molecule has 0 N–H and O–H groups in total. The molecule has 1 aliphatic heterocycles.